The molecular formula is C23H27N3O5S2. The average Bonchev–Trinajstić information content (AvgIpc) is 3.25. The van der Waals surface area contributed by atoms with Crippen LogP contribution in [-0.4, -0.2) is 49.7 Å². The van der Waals surface area contributed by atoms with Crippen molar-refractivity contribution < 1.29 is 22.4 Å². The number of fused-ring (bicyclic) bond motifs is 1. The van der Waals surface area contributed by atoms with Gasteiger partial charge in [0.25, 0.3) is 15.2 Å². The van der Waals surface area contributed by atoms with Gasteiger partial charge < -0.3 is 14.1 Å². The maximum Gasteiger partial charge on any atom is 0.261 e. The molecule has 1 saturated heterocycles. The predicted octanol–water partition coefficient (Wildman–Crippen LogP) is 4.52. The lowest BCUT2D eigenvalue weighted by atomic mass is 10.0. The molecule has 0 radical (unpaired) electrons. The van der Waals surface area contributed by atoms with Gasteiger partial charge in [0.1, 0.15) is 11.3 Å². The van der Waals surface area contributed by atoms with E-state index in [1.54, 1.807) is 37.4 Å². The molecule has 1 atom stereocenters. The summed E-state index contributed by atoms with van der Waals surface area (Å²) in [6.45, 7) is 2.91. The molecule has 3 aromatic rings. The van der Waals surface area contributed by atoms with E-state index >= 15 is 0 Å². The topological polar surface area (TPSA) is 102 Å². The number of rotatable bonds is 8. The summed E-state index contributed by atoms with van der Waals surface area (Å²) in [5.41, 5.74) is 1.32. The highest BCUT2D eigenvalue weighted by Crippen LogP contribution is 2.28. The maximum atomic E-state index is 12.8. The number of thioether (sulfide) groups is 1. The number of carbonyl (C=O) groups is 1. The molecule has 1 aliphatic heterocycles. The summed E-state index contributed by atoms with van der Waals surface area (Å²) in [7, 11) is -2.26. The number of nitrogens with one attached hydrogen (secondary N) is 1. The highest BCUT2D eigenvalue weighted by atomic mass is 32.2. The quantitative estimate of drug-likeness (QED) is 0.464. The minimum Gasteiger partial charge on any atom is -0.497 e. The third kappa shape index (κ3) is 5.44. The molecular weight excluding hydrogens is 462 g/mol. The molecule has 0 bridgehead atoms. The number of aromatic nitrogens is 1. The highest BCUT2D eigenvalue weighted by molar-refractivity contribution is 7.99. The molecule has 2 aromatic carbocycles. The minimum atomic E-state index is -3.80. The fraction of sp³-hybridized carbons (Fsp3) is 0.391. The van der Waals surface area contributed by atoms with Crippen molar-refractivity contribution in [3.63, 3.8) is 0 Å². The molecule has 1 fully saturated rings. The number of hydrogen-bond acceptors (Lipinski definition) is 7. The summed E-state index contributed by atoms with van der Waals surface area (Å²) in [4.78, 5) is 19.1. The molecule has 1 N–H and O–H groups in total. The van der Waals surface area contributed by atoms with Crippen molar-refractivity contribution in [2.45, 2.75) is 48.8 Å². The van der Waals surface area contributed by atoms with Crippen molar-refractivity contribution in [2.75, 3.05) is 24.1 Å². The first-order valence-corrected chi connectivity index (χ1v) is 13.4. The average molecular weight is 490 g/mol. The van der Waals surface area contributed by atoms with Crippen LogP contribution in [0.2, 0.25) is 0 Å². The van der Waals surface area contributed by atoms with E-state index in [1.807, 2.05) is 4.90 Å². The van der Waals surface area contributed by atoms with Crippen molar-refractivity contribution in [3.8, 4) is 5.75 Å². The van der Waals surface area contributed by atoms with Gasteiger partial charge in [-0.05, 0) is 68.1 Å². The molecule has 8 nitrogen and oxygen atoms in total. The molecule has 0 spiro atoms. The first-order valence-electron chi connectivity index (χ1n) is 10.9. The fourth-order valence-electron chi connectivity index (χ4n) is 3.95. The van der Waals surface area contributed by atoms with Crippen LogP contribution in [0.15, 0.2) is 57.0 Å². The second-order valence-electron chi connectivity index (χ2n) is 7.88. The lowest BCUT2D eigenvalue weighted by Crippen LogP contribution is -2.44. The van der Waals surface area contributed by atoms with Crippen molar-refractivity contribution >= 4 is 44.5 Å². The fourth-order valence-corrected chi connectivity index (χ4v) is 5.75. The monoisotopic (exact) mass is 489 g/mol. The van der Waals surface area contributed by atoms with Crippen LogP contribution in [0.5, 0.6) is 5.75 Å². The number of nitrogens with zero attached hydrogens (tertiary/aromatic N) is 2. The summed E-state index contributed by atoms with van der Waals surface area (Å²) >= 11 is 1.23. The van der Waals surface area contributed by atoms with E-state index < -0.39 is 10.0 Å². The Morgan fingerprint density at radius 1 is 1.24 bits per heavy atom. The number of piperidine rings is 1. The molecule has 2 heterocycles. The van der Waals surface area contributed by atoms with Crippen LogP contribution in [0.4, 0.5) is 5.69 Å². The van der Waals surface area contributed by atoms with Gasteiger partial charge in [-0.25, -0.2) is 13.4 Å². The van der Waals surface area contributed by atoms with Gasteiger partial charge in [0.2, 0.25) is 5.91 Å². The van der Waals surface area contributed by atoms with E-state index in [4.69, 9.17) is 9.15 Å². The van der Waals surface area contributed by atoms with E-state index in [9.17, 15) is 13.2 Å². The molecule has 1 amide bonds. The van der Waals surface area contributed by atoms with Crippen LogP contribution in [0.3, 0.4) is 0 Å². The van der Waals surface area contributed by atoms with Gasteiger partial charge in [-0.3, -0.25) is 9.52 Å². The zero-order valence-electron chi connectivity index (χ0n) is 18.6. The third-order valence-electron chi connectivity index (χ3n) is 5.73. The van der Waals surface area contributed by atoms with Gasteiger partial charge in [0.05, 0.1) is 17.8 Å². The molecule has 0 unspecified atom stereocenters. The van der Waals surface area contributed by atoms with Crippen LogP contribution >= 0.6 is 11.8 Å². The van der Waals surface area contributed by atoms with Gasteiger partial charge in [-0.1, -0.05) is 18.7 Å². The molecule has 1 aromatic heterocycles. The van der Waals surface area contributed by atoms with Gasteiger partial charge in [0, 0.05) is 18.3 Å². The van der Waals surface area contributed by atoms with Crippen LogP contribution in [0.1, 0.15) is 32.6 Å². The zero-order valence-corrected chi connectivity index (χ0v) is 20.2. The number of anilines is 1. The number of sulfonamides is 1. The van der Waals surface area contributed by atoms with Crippen molar-refractivity contribution in [1.82, 2.24) is 9.88 Å². The highest BCUT2D eigenvalue weighted by Gasteiger charge is 2.25. The van der Waals surface area contributed by atoms with E-state index in [-0.39, 0.29) is 16.6 Å². The van der Waals surface area contributed by atoms with Crippen LogP contribution < -0.4 is 9.46 Å². The third-order valence-corrected chi connectivity index (χ3v) is 7.92. The van der Waals surface area contributed by atoms with Crippen LogP contribution in [-0.2, 0) is 14.8 Å². The smallest absolute Gasteiger partial charge is 0.261 e. The predicted molar refractivity (Wildman–Crippen MR) is 128 cm³/mol. The summed E-state index contributed by atoms with van der Waals surface area (Å²) < 4.78 is 39.0. The molecule has 176 valence electrons. The van der Waals surface area contributed by atoms with Crippen molar-refractivity contribution in [2.24, 2.45) is 0 Å². The van der Waals surface area contributed by atoms with Crippen LogP contribution in [0, 0.1) is 0 Å². The molecule has 0 saturated carbocycles. The van der Waals surface area contributed by atoms with Gasteiger partial charge in [-0.2, -0.15) is 0 Å². The number of hydrogen-bond donors (Lipinski definition) is 1. The SMILES string of the molecule is CC[C@@H]1CCCCN1C(=O)CSc1nc2cc(S(=O)(=O)Nc3ccc(OC)cc3)ccc2o1. The van der Waals surface area contributed by atoms with Crippen LogP contribution in [0.25, 0.3) is 11.1 Å². The zero-order chi connectivity index (χ0) is 23.4. The molecule has 4 rings (SSSR count). The normalized spacial score (nSPS) is 16.7. The van der Waals surface area contributed by atoms with Gasteiger partial charge in [-0.15, -0.1) is 0 Å². The Kier molecular flexibility index (Phi) is 7.14. The summed E-state index contributed by atoms with van der Waals surface area (Å²) in [5, 5.41) is 0.348. The van der Waals surface area contributed by atoms with E-state index in [1.165, 1.54) is 30.3 Å². The van der Waals surface area contributed by atoms with Gasteiger partial charge >= 0.3 is 0 Å². The van der Waals surface area contributed by atoms with E-state index in [0.29, 0.717) is 33.8 Å². The molecule has 0 aliphatic carbocycles. The van der Waals surface area contributed by atoms with E-state index in [0.717, 1.165) is 25.8 Å². The molecule has 33 heavy (non-hydrogen) atoms. The van der Waals surface area contributed by atoms with Crippen molar-refractivity contribution in [3.05, 3.63) is 42.5 Å². The number of amides is 1. The number of oxazole rings is 1. The number of methoxy groups -OCH3 is 1. The van der Waals surface area contributed by atoms with Crippen molar-refractivity contribution in [1.29, 1.82) is 0 Å². The Balaban J connectivity index is 1.44. The Morgan fingerprint density at radius 2 is 2.03 bits per heavy atom. The maximum absolute atomic E-state index is 12.8. The molecule has 10 heteroatoms. The first-order chi connectivity index (χ1) is 15.9. The van der Waals surface area contributed by atoms with E-state index in [2.05, 4.69) is 16.6 Å². The Morgan fingerprint density at radius 3 is 2.76 bits per heavy atom. The summed E-state index contributed by atoms with van der Waals surface area (Å²) in [5.74, 6) is 0.963. The second kappa shape index (κ2) is 10.0. The lowest BCUT2D eigenvalue weighted by molar-refractivity contribution is -0.132. The molecule has 1 aliphatic rings. The van der Waals surface area contributed by atoms with Gasteiger partial charge in [0.15, 0.2) is 5.58 Å². The largest absolute Gasteiger partial charge is 0.497 e. The second-order valence-corrected chi connectivity index (χ2v) is 10.5. The number of carbonyl (C=O) groups excluding carboxylic acids is 1. The Labute approximate surface area is 197 Å². The Bertz CT molecular complexity index is 1220. The Hall–Kier alpha value is -2.72. The summed E-state index contributed by atoms with van der Waals surface area (Å²) in [6, 6.07) is 11.4. The minimum absolute atomic E-state index is 0.0749. The number of ether oxygens (including phenoxy) is 1. The lowest BCUT2D eigenvalue weighted by Gasteiger charge is -2.35. The standard InChI is InChI=1S/C23H27N3O5S2/c1-3-17-6-4-5-13-26(17)22(27)15-32-23-24-20-14-19(11-12-21(20)31-23)33(28,29)25-16-7-9-18(30-2)10-8-16/h7-12,14,17,25H,3-6,13,15H2,1-2H3/t17-/m1/s1. The first kappa shape index (κ1) is 23.4. The number of likely N-dealkylation sites (tertiary alicyclic amines) is 1. The number of benzene rings is 2. The summed E-state index contributed by atoms with van der Waals surface area (Å²) in [6.07, 6.45) is 4.22.